The number of amides is 3. The van der Waals surface area contributed by atoms with Crippen LogP contribution in [-0.2, 0) is 19.9 Å². The summed E-state index contributed by atoms with van der Waals surface area (Å²) in [5, 5.41) is 13.8. The van der Waals surface area contributed by atoms with Crippen LogP contribution < -0.4 is 10.2 Å². The van der Waals surface area contributed by atoms with E-state index in [1.165, 1.54) is 42.5 Å². The van der Waals surface area contributed by atoms with Crippen molar-refractivity contribution in [2.45, 2.75) is 24.4 Å². The molecule has 4 heterocycles. The molecular formula is C22H17FN4O5. The second kappa shape index (κ2) is 6.19. The fraction of sp³-hybridized carbons (Fsp3) is 0.318. The fourth-order valence-electron chi connectivity index (χ4n) is 6.15. The Morgan fingerprint density at radius 1 is 1.09 bits per heavy atom. The van der Waals surface area contributed by atoms with Crippen LogP contribution in [0.15, 0.2) is 42.5 Å². The van der Waals surface area contributed by atoms with Crippen molar-refractivity contribution in [2.24, 2.45) is 11.8 Å². The molecule has 3 fully saturated rings. The molecule has 32 heavy (non-hydrogen) atoms. The van der Waals surface area contributed by atoms with Crippen LogP contribution in [0.5, 0.6) is 0 Å². The van der Waals surface area contributed by atoms with Gasteiger partial charge in [0.2, 0.25) is 17.7 Å². The van der Waals surface area contributed by atoms with Gasteiger partial charge in [-0.25, -0.2) is 9.29 Å². The van der Waals surface area contributed by atoms with Gasteiger partial charge in [0.1, 0.15) is 11.4 Å². The Kier molecular flexibility index (Phi) is 3.69. The summed E-state index contributed by atoms with van der Waals surface area (Å²) in [6, 6.07) is 8.86. The number of carbonyl (C=O) groups is 3. The molecule has 1 spiro atoms. The van der Waals surface area contributed by atoms with Gasteiger partial charge < -0.3 is 5.32 Å². The number of imide groups is 1. The number of nitro benzene ring substituents is 1. The summed E-state index contributed by atoms with van der Waals surface area (Å²) in [6.45, 7) is 0.527. The number of benzene rings is 2. The molecule has 0 aromatic heterocycles. The summed E-state index contributed by atoms with van der Waals surface area (Å²) in [5.74, 6) is -3.68. The second-order valence-electron chi connectivity index (χ2n) is 8.60. The van der Waals surface area contributed by atoms with Crippen LogP contribution in [0, 0.1) is 27.8 Å². The molecule has 0 radical (unpaired) electrons. The molecule has 3 amide bonds. The SMILES string of the molecule is O=C1[C@@H]2[C@H]3CCCN3[C@@]3(C(=O)Nc4ccc(F)cc43)[C@@H]2C(=O)N1c1ccc([N+](=O)[O-])cc1. The minimum absolute atomic E-state index is 0.161. The second-order valence-corrected chi connectivity index (χ2v) is 8.60. The van der Waals surface area contributed by atoms with Crippen molar-refractivity contribution in [2.75, 3.05) is 16.8 Å². The number of nitrogens with zero attached hydrogens (tertiary/aromatic N) is 3. The lowest BCUT2D eigenvalue weighted by molar-refractivity contribution is -0.384. The molecule has 2 aromatic carbocycles. The summed E-state index contributed by atoms with van der Waals surface area (Å²) >= 11 is 0. The fourth-order valence-corrected chi connectivity index (χ4v) is 6.15. The molecule has 0 unspecified atom stereocenters. The highest BCUT2D eigenvalue weighted by Crippen LogP contribution is 2.60. The number of nitrogens with one attached hydrogen (secondary N) is 1. The molecule has 0 saturated carbocycles. The van der Waals surface area contributed by atoms with E-state index in [-0.39, 0.29) is 17.4 Å². The Balaban J connectivity index is 1.51. The minimum Gasteiger partial charge on any atom is -0.324 e. The molecule has 6 rings (SSSR count). The third kappa shape index (κ3) is 2.12. The van der Waals surface area contributed by atoms with Gasteiger partial charge in [-0.05, 0) is 49.7 Å². The molecule has 162 valence electrons. The molecule has 2 aromatic rings. The normalized spacial score (nSPS) is 30.6. The number of nitro groups is 1. The van der Waals surface area contributed by atoms with Crippen molar-refractivity contribution < 1.29 is 23.7 Å². The van der Waals surface area contributed by atoms with Crippen molar-refractivity contribution in [3.63, 3.8) is 0 Å². The van der Waals surface area contributed by atoms with E-state index in [2.05, 4.69) is 5.32 Å². The maximum absolute atomic E-state index is 14.3. The van der Waals surface area contributed by atoms with E-state index in [0.29, 0.717) is 24.2 Å². The van der Waals surface area contributed by atoms with Gasteiger partial charge in [-0.2, -0.15) is 0 Å². The lowest BCUT2D eigenvalue weighted by Gasteiger charge is -2.36. The van der Waals surface area contributed by atoms with Crippen molar-refractivity contribution >= 4 is 34.8 Å². The number of non-ortho nitro benzene ring substituents is 1. The molecule has 0 aliphatic carbocycles. The van der Waals surface area contributed by atoms with Gasteiger partial charge >= 0.3 is 0 Å². The minimum atomic E-state index is -1.45. The van der Waals surface area contributed by atoms with Crippen molar-refractivity contribution in [1.29, 1.82) is 0 Å². The highest BCUT2D eigenvalue weighted by molar-refractivity contribution is 6.25. The van der Waals surface area contributed by atoms with E-state index in [1.807, 2.05) is 4.90 Å². The first kappa shape index (κ1) is 19.1. The summed E-state index contributed by atoms with van der Waals surface area (Å²) in [5.41, 5.74) is -0.570. The first-order chi connectivity index (χ1) is 15.4. The standard InChI is InChI=1S/C22H17FN4O5/c23-11-3-8-15-14(10-11)22(21(30)24-15)18-17(16-2-1-9-25(16)22)19(28)26(20(18)29)12-4-6-13(7-5-12)27(31)32/h3-8,10,16-18H,1-2,9H2,(H,24,30)/t16-,17-,18+,22-/m1/s1. The zero-order chi connectivity index (χ0) is 22.4. The Labute approximate surface area is 180 Å². The van der Waals surface area contributed by atoms with Crippen LogP contribution in [-0.4, -0.2) is 40.1 Å². The average molecular weight is 436 g/mol. The average Bonchev–Trinajstić information content (AvgIpc) is 3.47. The van der Waals surface area contributed by atoms with Crippen molar-refractivity contribution in [3.05, 3.63) is 64.0 Å². The molecule has 4 aliphatic heterocycles. The monoisotopic (exact) mass is 436 g/mol. The van der Waals surface area contributed by atoms with E-state index in [0.717, 1.165) is 11.3 Å². The number of fused-ring (bicyclic) bond motifs is 7. The molecule has 3 saturated heterocycles. The van der Waals surface area contributed by atoms with E-state index in [1.54, 1.807) is 0 Å². The van der Waals surface area contributed by atoms with Crippen LogP contribution in [0.2, 0.25) is 0 Å². The maximum Gasteiger partial charge on any atom is 0.269 e. The third-order valence-electron chi connectivity index (χ3n) is 7.27. The molecule has 4 aliphatic rings. The van der Waals surface area contributed by atoms with Crippen molar-refractivity contribution in [1.82, 2.24) is 4.90 Å². The first-order valence-electron chi connectivity index (χ1n) is 10.4. The Morgan fingerprint density at radius 3 is 2.56 bits per heavy atom. The zero-order valence-electron chi connectivity index (χ0n) is 16.7. The maximum atomic E-state index is 14.3. The summed E-state index contributed by atoms with van der Waals surface area (Å²) in [7, 11) is 0. The Morgan fingerprint density at radius 2 is 1.84 bits per heavy atom. The van der Waals surface area contributed by atoms with Gasteiger partial charge in [-0.1, -0.05) is 0 Å². The summed E-state index contributed by atoms with van der Waals surface area (Å²) < 4.78 is 14.3. The Bertz CT molecular complexity index is 1230. The number of anilines is 2. The molecular weight excluding hydrogens is 419 g/mol. The van der Waals surface area contributed by atoms with E-state index in [9.17, 15) is 28.9 Å². The van der Waals surface area contributed by atoms with Crippen LogP contribution in [0.3, 0.4) is 0 Å². The zero-order valence-corrected chi connectivity index (χ0v) is 16.7. The molecule has 1 N–H and O–H groups in total. The largest absolute Gasteiger partial charge is 0.324 e. The third-order valence-corrected chi connectivity index (χ3v) is 7.27. The van der Waals surface area contributed by atoms with Gasteiger partial charge in [0.15, 0.2) is 0 Å². The van der Waals surface area contributed by atoms with Crippen LogP contribution in [0.4, 0.5) is 21.5 Å². The highest BCUT2D eigenvalue weighted by atomic mass is 19.1. The first-order valence-corrected chi connectivity index (χ1v) is 10.4. The highest BCUT2D eigenvalue weighted by Gasteiger charge is 2.74. The lowest BCUT2D eigenvalue weighted by atomic mass is 9.75. The number of rotatable bonds is 2. The smallest absolute Gasteiger partial charge is 0.269 e. The van der Waals surface area contributed by atoms with E-state index < -0.39 is 45.8 Å². The van der Waals surface area contributed by atoms with Crippen molar-refractivity contribution in [3.8, 4) is 0 Å². The van der Waals surface area contributed by atoms with E-state index in [4.69, 9.17) is 0 Å². The number of halogens is 1. The molecule has 4 atom stereocenters. The quantitative estimate of drug-likeness (QED) is 0.439. The van der Waals surface area contributed by atoms with E-state index >= 15 is 0 Å². The van der Waals surface area contributed by atoms with Gasteiger partial charge in [0.05, 0.1) is 22.4 Å². The van der Waals surface area contributed by atoms with Gasteiger partial charge in [-0.15, -0.1) is 0 Å². The summed E-state index contributed by atoms with van der Waals surface area (Å²) in [4.78, 5) is 54.0. The van der Waals surface area contributed by atoms with Gasteiger partial charge in [0, 0.05) is 29.4 Å². The Hall–Kier alpha value is -3.66. The lowest BCUT2D eigenvalue weighted by Crippen LogP contribution is -2.54. The summed E-state index contributed by atoms with van der Waals surface area (Å²) in [6.07, 6.45) is 1.40. The van der Waals surface area contributed by atoms with Gasteiger partial charge in [0.25, 0.3) is 5.69 Å². The molecule has 9 nitrogen and oxygen atoms in total. The predicted octanol–water partition coefficient (Wildman–Crippen LogP) is 2.17. The predicted molar refractivity (Wildman–Crippen MR) is 109 cm³/mol. The van der Waals surface area contributed by atoms with Gasteiger partial charge in [-0.3, -0.25) is 29.4 Å². The topological polar surface area (TPSA) is 113 Å². The number of hydrogen-bond donors (Lipinski definition) is 1. The van der Waals surface area contributed by atoms with Crippen LogP contribution in [0.25, 0.3) is 0 Å². The number of carbonyl (C=O) groups excluding carboxylic acids is 3. The molecule has 10 heteroatoms. The van der Waals surface area contributed by atoms with Crippen LogP contribution in [0.1, 0.15) is 18.4 Å². The van der Waals surface area contributed by atoms with Crippen LogP contribution >= 0.6 is 0 Å². The number of hydrogen-bond acceptors (Lipinski definition) is 6. The molecule has 0 bridgehead atoms.